The van der Waals surface area contributed by atoms with Gasteiger partial charge in [-0.15, -0.1) is 0 Å². The Labute approximate surface area is 96.0 Å². The molecule has 2 rings (SSSR count). The van der Waals surface area contributed by atoms with E-state index in [0.717, 1.165) is 31.0 Å². The molecule has 0 aromatic heterocycles. The standard InChI is InChI=1S/C12H16O2S/c15-9-10-4-6-11(7-5-10)14-12-3-1-2-8-13-12/h4-7,12,15H,1-3,8-9H2. The Kier molecular flexibility index (Phi) is 3.92. The fraction of sp³-hybridized carbons (Fsp3) is 0.500. The molecule has 0 radical (unpaired) electrons. The summed E-state index contributed by atoms with van der Waals surface area (Å²) in [5.74, 6) is 1.65. The van der Waals surface area contributed by atoms with E-state index in [1.165, 1.54) is 12.0 Å². The van der Waals surface area contributed by atoms with Crippen molar-refractivity contribution in [1.82, 2.24) is 0 Å². The number of benzene rings is 1. The van der Waals surface area contributed by atoms with Crippen LogP contribution in [0.5, 0.6) is 5.75 Å². The van der Waals surface area contributed by atoms with Gasteiger partial charge in [0.15, 0.2) is 6.29 Å². The number of hydrogen-bond donors (Lipinski definition) is 1. The average molecular weight is 224 g/mol. The minimum absolute atomic E-state index is 0.0550. The minimum atomic E-state index is -0.0550. The van der Waals surface area contributed by atoms with Crippen molar-refractivity contribution in [2.45, 2.75) is 31.3 Å². The molecule has 15 heavy (non-hydrogen) atoms. The molecule has 82 valence electrons. The predicted molar refractivity (Wildman–Crippen MR) is 63.4 cm³/mol. The lowest BCUT2D eigenvalue weighted by molar-refractivity contribution is -0.105. The second-order valence-corrected chi connectivity index (χ2v) is 4.03. The van der Waals surface area contributed by atoms with Crippen LogP contribution < -0.4 is 4.74 Å². The van der Waals surface area contributed by atoms with E-state index in [9.17, 15) is 0 Å². The monoisotopic (exact) mass is 224 g/mol. The largest absolute Gasteiger partial charge is 0.465 e. The number of ether oxygens (including phenoxy) is 2. The van der Waals surface area contributed by atoms with Crippen LogP contribution in [0.15, 0.2) is 24.3 Å². The van der Waals surface area contributed by atoms with Crippen molar-refractivity contribution in [1.29, 1.82) is 0 Å². The van der Waals surface area contributed by atoms with E-state index in [1.807, 2.05) is 24.3 Å². The summed E-state index contributed by atoms with van der Waals surface area (Å²) in [5.41, 5.74) is 1.20. The van der Waals surface area contributed by atoms with E-state index < -0.39 is 0 Å². The Morgan fingerprint density at radius 1 is 1.27 bits per heavy atom. The van der Waals surface area contributed by atoms with Crippen LogP contribution in [0.1, 0.15) is 24.8 Å². The third-order valence-electron chi connectivity index (χ3n) is 2.51. The van der Waals surface area contributed by atoms with Crippen molar-refractivity contribution >= 4 is 12.6 Å². The number of hydrogen-bond acceptors (Lipinski definition) is 3. The van der Waals surface area contributed by atoms with E-state index >= 15 is 0 Å². The third kappa shape index (κ3) is 3.14. The number of rotatable bonds is 3. The van der Waals surface area contributed by atoms with Gasteiger partial charge in [-0.3, -0.25) is 0 Å². The van der Waals surface area contributed by atoms with Gasteiger partial charge >= 0.3 is 0 Å². The first-order chi connectivity index (χ1) is 7.38. The van der Waals surface area contributed by atoms with Crippen molar-refractivity contribution in [2.75, 3.05) is 6.61 Å². The molecular formula is C12H16O2S. The van der Waals surface area contributed by atoms with Gasteiger partial charge in [0.1, 0.15) is 5.75 Å². The van der Waals surface area contributed by atoms with Crippen LogP contribution in [-0.4, -0.2) is 12.9 Å². The molecule has 0 saturated carbocycles. The molecule has 0 spiro atoms. The molecule has 1 aliphatic rings. The molecule has 1 unspecified atom stereocenters. The molecule has 1 aliphatic heterocycles. The summed E-state index contributed by atoms with van der Waals surface area (Å²) in [6.07, 6.45) is 3.28. The predicted octanol–water partition coefficient (Wildman–Crippen LogP) is 3.02. The molecule has 0 aliphatic carbocycles. The van der Waals surface area contributed by atoms with Crippen molar-refractivity contribution in [2.24, 2.45) is 0 Å². The summed E-state index contributed by atoms with van der Waals surface area (Å²) in [7, 11) is 0. The lowest BCUT2D eigenvalue weighted by Crippen LogP contribution is -2.24. The Bertz CT molecular complexity index is 291. The SMILES string of the molecule is SCc1ccc(OC2CCCCO2)cc1. The molecule has 1 fully saturated rings. The normalized spacial score (nSPS) is 21.3. The van der Waals surface area contributed by atoms with Gasteiger partial charge in [-0.1, -0.05) is 12.1 Å². The molecule has 0 N–H and O–H groups in total. The summed E-state index contributed by atoms with van der Waals surface area (Å²) in [4.78, 5) is 0. The molecule has 1 atom stereocenters. The summed E-state index contributed by atoms with van der Waals surface area (Å²) < 4.78 is 11.2. The van der Waals surface area contributed by atoms with E-state index in [1.54, 1.807) is 0 Å². The van der Waals surface area contributed by atoms with Crippen LogP contribution >= 0.6 is 12.6 Å². The van der Waals surface area contributed by atoms with Crippen molar-refractivity contribution in [3.8, 4) is 5.75 Å². The zero-order valence-corrected chi connectivity index (χ0v) is 9.58. The molecule has 0 bridgehead atoms. The van der Waals surface area contributed by atoms with Gasteiger partial charge in [0.25, 0.3) is 0 Å². The van der Waals surface area contributed by atoms with Gasteiger partial charge in [-0.25, -0.2) is 0 Å². The first kappa shape index (κ1) is 10.8. The molecule has 1 aromatic carbocycles. The lowest BCUT2D eigenvalue weighted by Gasteiger charge is -2.23. The van der Waals surface area contributed by atoms with Gasteiger partial charge in [0.05, 0.1) is 6.61 Å². The summed E-state index contributed by atoms with van der Waals surface area (Å²) in [6.45, 7) is 0.819. The molecule has 1 aromatic rings. The average Bonchev–Trinajstić information content (AvgIpc) is 2.31. The maximum absolute atomic E-state index is 5.71. The first-order valence-electron chi connectivity index (χ1n) is 5.36. The van der Waals surface area contributed by atoms with Crippen molar-refractivity contribution in [3.05, 3.63) is 29.8 Å². The Hall–Kier alpha value is -0.670. The molecule has 2 nitrogen and oxygen atoms in total. The van der Waals surface area contributed by atoms with E-state index in [4.69, 9.17) is 9.47 Å². The zero-order chi connectivity index (χ0) is 10.5. The topological polar surface area (TPSA) is 18.5 Å². The third-order valence-corrected chi connectivity index (χ3v) is 2.88. The summed E-state index contributed by atoms with van der Waals surface area (Å²) in [5, 5.41) is 0. The minimum Gasteiger partial charge on any atom is -0.465 e. The maximum Gasteiger partial charge on any atom is 0.199 e. The van der Waals surface area contributed by atoms with Crippen LogP contribution in [0.3, 0.4) is 0 Å². The van der Waals surface area contributed by atoms with Crippen LogP contribution in [0.25, 0.3) is 0 Å². The van der Waals surface area contributed by atoms with Gasteiger partial charge < -0.3 is 9.47 Å². The highest BCUT2D eigenvalue weighted by Gasteiger charge is 2.14. The van der Waals surface area contributed by atoms with Gasteiger partial charge in [-0.05, 0) is 30.5 Å². The Balaban J connectivity index is 1.91. The van der Waals surface area contributed by atoms with Crippen LogP contribution in [-0.2, 0) is 10.5 Å². The molecule has 1 saturated heterocycles. The van der Waals surface area contributed by atoms with E-state index in [0.29, 0.717) is 0 Å². The Morgan fingerprint density at radius 2 is 2.07 bits per heavy atom. The second kappa shape index (κ2) is 5.42. The highest BCUT2D eigenvalue weighted by atomic mass is 32.1. The maximum atomic E-state index is 5.71. The van der Waals surface area contributed by atoms with Crippen molar-refractivity contribution < 1.29 is 9.47 Å². The molecule has 1 heterocycles. The zero-order valence-electron chi connectivity index (χ0n) is 8.69. The highest BCUT2D eigenvalue weighted by Crippen LogP contribution is 2.19. The van der Waals surface area contributed by atoms with E-state index in [2.05, 4.69) is 12.6 Å². The quantitative estimate of drug-likeness (QED) is 0.796. The van der Waals surface area contributed by atoms with Gasteiger partial charge in [0.2, 0.25) is 0 Å². The van der Waals surface area contributed by atoms with Crippen LogP contribution in [0, 0.1) is 0 Å². The van der Waals surface area contributed by atoms with E-state index in [-0.39, 0.29) is 6.29 Å². The van der Waals surface area contributed by atoms with Crippen LogP contribution in [0.2, 0.25) is 0 Å². The molecule has 3 heteroatoms. The van der Waals surface area contributed by atoms with Gasteiger partial charge in [-0.2, -0.15) is 12.6 Å². The Morgan fingerprint density at radius 3 is 2.67 bits per heavy atom. The van der Waals surface area contributed by atoms with Gasteiger partial charge in [0, 0.05) is 12.2 Å². The molecule has 0 amide bonds. The second-order valence-electron chi connectivity index (χ2n) is 3.72. The lowest BCUT2D eigenvalue weighted by atomic mass is 10.2. The summed E-state index contributed by atoms with van der Waals surface area (Å²) in [6, 6.07) is 8.02. The first-order valence-corrected chi connectivity index (χ1v) is 6.00. The highest BCUT2D eigenvalue weighted by molar-refractivity contribution is 7.79. The fourth-order valence-corrected chi connectivity index (χ4v) is 1.84. The van der Waals surface area contributed by atoms with Crippen LogP contribution in [0.4, 0.5) is 0 Å². The smallest absolute Gasteiger partial charge is 0.199 e. The fourth-order valence-electron chi connectivity index (χ4n) is 1.63. The molecular weight excluding hydrogens is 208 g/mol. The summed E-state index contributed by atoms with van der Waals surface area (Å²) >= 11 is 4.21. The number of thiol groups is 1. The van der Waals surface area contributed by atoms with Crippen molar-refractivity contribution in [3.63, 3.8) is 0 Å².